The summed E-state index contributed by atoms with van der Waals surface area (Å²) in [7, 11) is 1.56. The smallest absolute Gasteiger partial charge is 0.225 e. The summed E-state index contributed by atoms with van der Waals surface area (Å²) in [6.07, 6.45) is -0.0987. The second-order valence-corrected chi connectivity index (χ2v) is 6.36. The van der Waals surface area contributed by atoms with Gasteiger partial charge in [0.15, 0.2) is 0 Å². The normalized spacial score (nSPS) is 20.7. The van der Waals surface area contributed by atoms with Crippen molar-refractivity contribution in [3.8, 4) is 0 Å². The molecule has 1 aliphatic rings. The molecule has 2 heterocycles. The maximum atomic E-state index is 12.5. The van der Waals surface area contributed by atoms with Crippen LogP contribution in [0.4, 0.5) is 0 Å². The van der Waals surface area contributed by atoms with Crippen LogP contribution < -0.4 is 5.73 Å². The van der Waals surface area contributed by atoms with Crippen molar-refractivity contribution in [3.05, 3.63) is 22.4 Å². The Morgan fingerprint density at radius 3 is 3.04 bits per heavy atom. The molecule has 3 atom stereocenters. The van der Waals surface area contributed by atoms with Gasteiger partial charge in [-0.25, -0.2) is 0 Å². The number of aliphatic hydroxyl groups is 1. The Morgan fingerprint density at radius 1 is 1.65 bits per heavy atom. The predicted molar refractivity (Wildman–Crippen MR) is 91.9 cm³/mol. The minimum Gasteiger partial charge on any atom is -0.387 e. The average molecular weight is 365 g/mol. The molecule has 1 fully saturated rings. The van der Waals surface area contributed by atoms with Crippen LogP contribution in [0.3, 0.4) is 0 Å². The number of morpholine rings is 1. The minimum absolute atomic E-state index is 0. The lowest BCUT2D eigenvalue weighted by atomic mass is 10.0. The number of methoxy groups -OCH3 is 1. The molecule has 3 N–H and O–H groups in total. The zero-order valence-electron chi connectivity index (χ0n) is 13.2. The molecule has 8 heteroatoms. The third-order valence-electron chi connectivity index (χ3n) is 3.91. The molecule has 0 saturated carbocycles. The van der Waals surface area contributed by atoms with Crippen molar-refractivity contribution in [2.24, 2.45) is 5.73 Å². The molecule has 1 aliphatic heterocycles. The molecule has 132 valence electrons. The van der Waals surface area contributed by atoms with E-state index in [0.29, 0.717) is 32.7 Å². The number of hydrogen-bond acceptors (Lipinski definition) is 6. The number of aliphatic hydroxyl groups excluding tert-OH is 1. The summed E-state index contributed by atoms with van der Waals surface area (Å²) in [5.41, 5.74) is 5.58. The van der Waals surface area contributed by atoms with Crippen molar-refractivity contribution < 1.29 is 19.4 Å². The monoisotopic (exact) mass is 364 g/mol. The Hall–Kier alpha value is -0.700. The molecule has 1 saturated heterocycles. The van der Waals surface area contributed by atoms with Crippen molar-refractivity contribution in [3.63, 3.8) is 0 Å². The van der Waals surface area contributed by atoms with Gasteiger partial charge in [-0.2, -0.15) is 0 Å². The molecule has 2 rings (SSSR count). The van der Waals surface area contributed by atoms with Gasteiger partial charge in [0.2, 0.25) is 5.91 Å². The molecular formula is C15H25ClN2O4S. The van der Waals surface area contributed by atoms with Gasteiger partial charge in [-0.3, -0.25) is 4.79 Å². The summed E-state index contributed by atoms with van der Waals surface area (Å²) in [5.74, 6) is 0.00368. The molecule has 1 amide bonds. The minimum atomic E-state index is -0.574. The standard InChI is InChI=1S/C15H24N2O4S.ClH/c1-20-12(9-16)8-15(19)17-4-5-21-10-11(17)7-13(18)14-3-2-6-22-14;/h2-3,6,11-13,18H,4-5,7-10,16H2,1H3;1H. The second-order valence-electron chi connectivity index (χ2n) is 5.38. The highest BCUT2D eigenvalue weighted by molar-refractivity contribution is 7.10. The van der Waals surface area contributed by atoms with Crippen LogP contribution in [-0.2, 0) is 14.3 Å². The van der Waals surface area contributed by atoms with E-state index in [4.69, 9.17) is 15.2 Å². The summed E-state index contributed by atoms with van der Waals surface area (Å²) in [5, 5.41) is 12.2. The zero-order chi connectivity index (χ0) is 15.9. The van der Waals surface area contributed by atoms with Crippen LogP contribution in [0, 0.1) is 0 Å². The van der Waals surface area contributed by atoms with Gasteiger partial charge in [-0.05, 0) is 11.4 Å². The van der Waals surface area contributed by atoms with E-state index in [9.17, 15) is 9.90 Å². The van der Waals surface area contributed by atoms with Gasteiger partial charge in [-0.1, -0.05) is 6.07 Å². The fourth-order valence-corrected chi connectivity index (χ4v) is 3.33. The van der Waals surface area contributed by atoms with Gasteiger partial charge in [-0.15, -0.1) is 23.7 Å². The van der Waals surface area contributed by atoms with Crippen LogP contribution in [0.2, 0.25) is 0 Å². The number of rotatable bonds is 7. The largest absolute Gasteiger partial charge is 0.387 e. The summed E-state index contributed by atoms with van der Waals surface area (Å²) < 4.78 is 10.7. The first-order chi connectivity index (χ1) is 10.7. The highest BCUT2D eigenvalue weighted by Crippen LogP contribution is 2.26. The van der Waals surface area contributed by atoms with E-state index in [1.54, 1.807) is 12.0 Å². The summed E-state index contributed by atoms with van der Waals surface area (Å²) in [6, 6.07) is 3.70. The van der Waals surface area contributed by atoms with E-state index >= 15 is 0 Å². The van der Waals surface area contributed by atoms with E-state index in [0.717, 1.165) is 4.88 Å². The Bertz CT molecular complexity index is 456. The molecule has 0 radical (unpaired) electrons. The zero-order valence-corrected chi connectivity index (χ0v) is 14.9. The maximum absolute atomic E-state index is 12.5. The van der Waals surface area contributed by atoms with E-state index in [1.165, 1.54) is 11.3 Å². The van der Waals surface area contributed by atoms with Gasteiger partial charge < -0.3 is 25.2 Å². The third-order valence-corrected chi connectivity index (χ3v) is 4.89. The Morgan fingerprint density at radius 2 is 2.43 bits per heavy atom. The molecule has 0 aromatic carbocycles. The van der Waals surface area contributed by atoms with Crippen LogP contribution in [0.5, 0.6) is 0 Å². The van der Waals surface area contributed by atoms with Gasteiger partial charge in [0.1, 0.15) is 0 Å². The highest BCUT2D eigenvalue weighted by Gasteiger charge is 2.30. The first-order valence-electron chi connectivity index (χ1n) is 7.47. The Labute approximate surface area is 147 Å². The van der Waals surface area contributed by atoms with Crippen LogP contribution in [0.25, 0.3) is 0 Å². The topological polar surface area (TPSA) is 85.0 Å². The van der Waals surface area contributed by atoms with E-state index in [-0.39, 0.29) is 36.9 Å². The lowest BCUT2D eigenvalue weighted by Crippen LogP contribution is -2.50. The number of nitrogens with two attached hydrogens (primary N) is 1. The van der Waals surface area contributed by atoms with Gasteiger partial charge in [0.05, 0.1) is 37.9 Å². The molecule has 0 bridgehead atoms. The lowest BCUT2D eigenvalue weighted by Gasteiger charge is -2.37. The number of carbonyl (C=O) groups excluding carboxylic acids is 1. The third kappa shape index (κ3) is 5.70. The van der Waals surface area contributed by atoms with E-state index < -0.39 is 6.10 Å². The first kappa shape index (κ1) is 20.3. The lowest BCUT2D eigenvalue weighted by molar-refractivity contribution is -0.143. The maximum Gasteiger partial charge on any atom is 0.225 e. The molecular weight excluding hydrogens is 340 g/mol. The summed E-state index contributed by atoms with van der Waals surface area (Å²) in [6.45, 7) is 1.84. The van der Waals surface area contributed by atoms with Crippen molar-refractivity contribution in [2.45, 2.75) is 31.1 Å². The average Bonchev–Trinajstić information content (AvgIpc) is 3.07. The number of carbonyl (C=O) groups is 1. The number of nitrogens with zero attached hydrogens (tertiary/aromatic N) is 1. The fourth-order valence-electron chi connectivity index (χ4n) is 2.61. The van der Waals surface area contributed by atoms with Crippen molar-refractivity contribution in [1.82, 2.24) is 4.90 Å². The molecule has 1 aromatic rings. The second kappa shape index (κ2) is 10.2. The molecule has 1 aromatic heterocycles. The predicted octanol–water partition coefficient (Wildman–Crippen LogP) is 1.18. The van der Waals surface area contributed by atoms with Crippen LogP contribution in [0.1, 0.15) is 23.8 Å². The highest BCUT2D eigenvalue weighted by atomic mass is 35.5. The molecule has 23 heavy (non-hydrogen) atoms. The van der Waals surface area contributed by atoms with Crippen molar-refractivity contribution in [1.29, 1.82) is 0 Å². The van der Waals surface area contributed by atoms with E-state index in [1.807, 2.05) is 17.5 Å². The number of hydrogen-bond donors (Lipinski definition) is 2. The molecule has 6 nitrogen and oxygen atoms in total. The van der Waals surface area contributed by atoms with Gasteiger partial charge in [0.25, 0.3) is 0 Å². The van der Waals surface area contributed by atoms with E-state index in [2.05, 4.69) is 0 Å². The first-order valence-corrected chi connectivity index (χ1v) is 8.35. The van der Waals surface area contributed by atoms with Crippen LogP contribution in [-0.4, -0.2) is 61.5 Å². The number of ether oxygens (including phenoxy) is 2. The Balaban J connectivity index is 0.00000264. The molecule has 3 unspecified atom stereocenters. The van der Waals surface area contributed by atoms with Crippen LogP contribution >= 0.6 is 23.7 Å². The molecule has 0 spiro atoms. The SMILES string of the molecule is COC(CN)CC(=O)N1CCOCC1CC(O)c1cccs1.Cl. The summed E-state index contributed by atoms with van der Waals surface area (Å²) in [4.78, 5) is 15.2. The van der Waals surface area contributed by atoms with Crippen molar-refractivity contribution >= 4 is 29.7 Å². The Kier molecular flexibility index (Phi) is 9.04. The van der Waals surface area contributed by atoms with Gasteiger partial charge >= 0.3 is 0 Å². The number of halogens is 1. The van der Waals surface area contributed by atoms with Gasteiger partial charge in [0, 0.05) is 31.5 Å². The van der Waals surface area contributed by atoms with Crippen molar-refractivity contribution in [2.75, 3.05) is 33.4 Å². The fraction of sp³-hybridized carbons (Fsp3) is 0.667. The molecule has 0 aliphatic carbocycles. The number of amides is 1. The van der Waals surface area contributed by atoms with Crippen LogP contribution in [0.15, 0.2) is 17.5 Å². The quantitative estimate of drug-likeness (QED) is 0.759. The number of thiophene rings is 1. The summed E-state index contributed by atoms with van der Waals surface area (Å²) >= 11 is 1.52.